The molecule has 0 saturated carbocycles. The number of pyridine rings is 1. The van der Waals surface area contributed by atoms with Gasteiger partial charge in [-0.05, 0) is 19.2 Å². The van der Waals surface area contributed by atoms with E-state index in [0.29, 0.717) is 24.5 Å². The second-order valence-corrected chi connectivity index (χ2v) is 3.62. The van der Waals surface area contributed by atoms with Gasteiger partial charge in [0.15, 0.2) is 5.82 Å². The second kappa shape index (κ2) is 9.24. The van der Waals surface area contributed by atoms with E-state index in [1.54, 1.807) is 25.4 Å². The molecule has 7 nitrogen and oxygen atoms in total. The third-order valence-corrected chi connectivity index (χ3v) is 2.30. The van der Waals surface area contributed by atoms with Gasteiger partial charge in [0.1, 0.15) is 12.7 Å². The topological polar surface area (TPSA) is 84.7 Å². The van der Waals surface area contributed by atoms with Crippen molar-refractivity contribution in [1.82, 2.24) is 25.1 Å². The van der Waals surface area contributed by atoms with Crippen molar-refractivity contribution >= 4 is 36.4 Å². The van der Waals surface area contributed by atoms with Gasteiger partial charge in [0.2, 0.25) is 5.91 Å². The summed E-state index contributed by atoms with van der Waals surface area (Å²) in [5.74, 6) is 0.478. The molecule has 2 heterocycles. The normalized spacial score (nSPS) is 9.25. The Morgan fingerprint density at radius 1 is 1.40 bits per heavy atom. The van der Waals surface area contributed by atoms with E-state index in [4.69, 9.17) is 0 Å². The lowest BCUT2D eigenvalue weighted by Gasteiger charge is -2.09. The lowest BCUT2D eigenvalue weighted by Crippen LogP contribution is -2.19. The number of hydrogen-bond donors (Lipinski definition) is 2. The minimum absolute atomic E-state index is 0. The number of nitrogens with one attached hydrogen (secondary N) is 2. The highest BCUT2D eigenvalue weighted by molar-refractivity contribution is 5.92. The van der Waals surface area contributed by atoms with Crippen LogP contribution in [0.5, 0.6) is 0 Å². The molecule has 0 saturated heterocycles. The van der Waals surface area contributed by atoms with Crippen molar-refractivity contribution in [2.45, 2.75) is 6.42 Å². The zero-order valence-corrected chi connectivity index (χ0v) is 12.4. The predicted molar refractivity (Wildman–Crippen MR) is 80.8 cm³/mol. The van der Waals surface area contributed by atoms with Crippen LogP contribution < -0.4 is 10.6 Å². The summed E-state index contributed by atoms with van der Waals surface area (Å²) in [6, 6.07) is 3.54. The molecule has 0 spiro atoms. The van der Waals surface area contributed by atoms with Crippen LogP contribution in [0.1, 0.15) is 6.42 Å². The first-order valence-electron chi connectivity index (χ1n) is 5.55. The first-order chi connectivity index (χ1) is 8.81. The van der Waals surface area contributed by atoms with Crippen molar-refractivity contribution in [2.75, 3.05) is 18.9 Å². The van der Waals surface area contributed by atoms with E-state index in [1.165, 1.54) is 17.3 Å². The maximum atomic E-state index is 11.7. The third kappa shape index (κ3) is 4.76. The van der Waals surface area contributed by atoms with Gasteiger partial charge >= 0.3 is 0 Å². The Hall–Kier alpha value is -1.70. The van der Waals surface area contributed by atoms with E-state index in [1.807, 2.05) is 0 Å². The van der Waals surface area contributed by atoms with E-state index < -0.39 is 0 Å². The smallest absolute Gasteiger partial charge is 0.225 e. The van der Waals surface area contributed by atoms with Crippen LogP contribution in [-0.2, 0) is 4.79 Å². The summed E-state index contributed by atoms with van der Waals surface area (Å²) in [5.41, 5.74) is 0.615. The molecular weight excluding hydrogens is 303 g/mol. The summed E-state index contributed by atoms with van der Waals surface area (Å²) in [5, 5.41) is 9.72. The van der Waals surface area contributed by atoms with E-state index in [9.17, 15) is 4.79 Å². The highest BCUT2D eigenvalue weighted by Gasteiger charge is 2.09. The Bertz CT molecular complexity index is 519. The van der Waals surface area contributed by atoms with Crippen LogP contribution in [0.4, 0.5) is 5.69 Å². The quantitative estimate of drug-likeness (QED) is 0.861. The fourth-order valence-electron chi connectivity index (χ4n) is 1.45. The first-order valence-corrected chi connectivity index (χ1v) is 5.55. The standard InChI is InChI=1S/C11H14N6O.2ClH/c1-12-6-4-10(18)16-9-3-2-5-14-11(9)17-8-13-7-15-17;;/h2-3,5,7-8,12H,4,6H2,1H3,(H,16,18);2*1H. The van der Waals surface area contributed by atoms with Gasteiger partial charge in [-0.25, -0.2) is 14.6 Å². The Morgan fingerprint density at radius 3 is 2.85 bits per heavy atom. The Kier molecular flexibility index (Phi) is 8.46. The maximum absolute atomic E-state index is 11.7. The molecule has 0 aliphatic heterocycles. The molecule has 2 aromatic rings. The number of hydrogen-bond acceptors (Lipinski definition) is 5. The number of nitrogens with zero attached hydrogens (tertiary/aromatic N) is 4. The summed E-state index contributed by atoms with van der Waals surface area (Å²) < 4.78 is 1.51. The van der Waals surface area contributed by atoms with Gasteiger partial charge in [-0.15, -0.1) is 24.8 Å². The van der Waals surface area contributed by atoms with Gasteiger partial charge in [0, 0.05) is 19.2 Å². The number of anilines is 1. The summed E-state index contributed by atoms with van der Waals surface area (Å²) in [6.45, 7) is 0.630. The Labute approximate surface area is 129 Å². The molecule has 0 aromatic carbocycles. The maximum Gasteiger partial charge on any atom is 0.225 e. The van der Waals surface area contributed by atoms with Crippen molar-refractivity contribution in [3.8, 4) is 5.82 Å². The lowest BCUT2D eigenvalue weighted by molar-refractivity contribution is -0.116. The molecule has 0 bridgehead atoms. The van der Waals surface area contributed by atoms with Crippen LogP contribution in [0.25, 0.3) is 5.82 Å². The van der Waals surface area contributed by atoms with Crippen molar-refractivity contribution in [2.24, 2.45) is 0 Å². The van der Waals surface area contributed by atoms with Gasteiger partial charge in [0.05, 0.1) is 5.69 Å². The van der Waals surface area contributed by atoms with Gasteiger partial charge in [-0.1, -0.05) is 0 Å². The molecule has 2 rings (SSSR count). The zero-order valence-electron chi connectivity index (χ0n) is 10.8. The lowest BCUT2D eigenvalue weighted by atomic mass is 10.3. The summed E-state index contributed by atoms with van der Waals surface area (Å²) in [4.78, 5) is 19.7. The largest absolute Gasteiger partial charge is 0.323 e. The predicted octanol–water partition coefficient (Wildman–Crippen LogP) is 1.05. The molecule has 110 valence electrons. The van der Waals surface area contributed by atoms with Crippen LogP contribution in [0.15, 0.2) is 31.0 Å². The molecule has 0 aliphatic rings. The minimum Gasteiger partial charge on any atom is -0.323 e. The van der Waals surface area contributed by atoms with Crippen molar-refractivity contribution in [3.05, 3.63) is 31.0 Å². The fraction of sp³-hybridized carbons (Fsp3) is 0.273. The number of amides is 1. The molecule has 9 heteroatoms. The number of aromatic nitrogens is 4. The fourth-order valence-corrected chi connectivity index (χ4v) is 1.45. The average molecular weight is 319 g/mol. The van der Waals surface area contributed by atoms with Crippen molar-refractivity contribution < 1.29 is 4.79 Å². The molecule has 0 unspecified atom stereocenters. The molecule has 2 aromatic heterocycles. The van der Waals surface area contributed by atoms with Gasteiger partial charge in [-0.3, -0.25) is 4.79 Å². The average Bonchev–Trinajstić information content (AvgIpc) is 2.91. The Balaban J connectivity index is 0.00000180. The highest BCUT2D eigenvalue weighted by atomic mass is 35.5. The SMILES string of the molecule is CNCCC(=O)Nc1cccnc1-n1cncn1.Cl.Cl. The van der Waals surface area contributed by atoms with E-state index in [-0.39, 0.29) is 30.7 Å². The molecule has 0 fully saturated rings. The van der Waals surface area contributed by atoms with Crippen LogP contribution in [0.3, 0.4) is 0 Å². The summed E-state index contributed by atoms with van der Waals surface area (Å²) in [7, 11) is 1.80. The number of rotatable bonds is 5. The third-order valence-electron chi connectivity index (χ3n) is 2.30. The van der Waals surface area contributed by atoms with Gasteiger partial charge < -0.3 is 10.6 Å². The Morgan fingerprint density at radius 2 is 2.20 bits per heavy atom. The monoisotopic (exact) mass is 318 g/mol. The number of halogens is 2. The van der Waals surface area contributed by atoms with Crippen LogP contribution >= 0.6 is 24.8 Å². The molecular formula is C11H16Cl2N6O. The zero-order chi connectivity index (χ0) is 12.8. The van der Waals surface area contributed by atoms with E-state index >= 15 is 0 Å². The number of carbonyl (C=O) groups excluding carboxylic acids is 1. The van der Waals surface area contributed by atoms with Crippen LogP contribution in [0.2, 0.25) is 0 Å². The minimum atomic E-state index is -0.0706. The first kappa shape index (κ1) is 18.3. The second-order valence-electron chi connectivity index (χ2n) is 3.62. The summed E-state index contributed by atoms with van der Waals surface area (Å²) in [6.07, 6.45) is 5.00. The molecule has 0 radical (unpaired) electrons. The van der Waals surface area contributed by atoms with Crippen molar-refractivity contribution in [1.29, 1.82) is 0 Å². The van der Waals surface area contributed by atoms with Crippen LogP contribution in [0, 0.1) is 0 Å². The molecule has 20 heavy (non-hydrogen) atoms. The molecule has 0 aliphatic carbocycles. The summed E-state index contributed by atoms with van der Waals surface area (Å²) >= 11 is 0. The van der Waals surface area contributed by atoms with Gasteiger partial charge in [-0.2, -0.15) is 5.10 Å². The van der Waals surface area contributed by atoms with E-state index in [0.717, 1.165) is 0 Å². The highest BCUT2D eigenvalue weighted by Crippen LogP contribution is 2.15. The van der Waals surface area contributed by atoms with Gasteiger partial charge in [0.25, 0.3) is 0 Å². The van der Waals surface area contributed by atoms with Crippen LogP contribution in [-0.4, -0.2) is 39.2 Å². The van der Waals surface area contributed by atoms with E-state index in [2.05, 4.69) is 25.7 Å². The molecule has 2 N–H and O–H groups in total. The molecule has 0 atom stereocenters. The van der Waals surface area contributed by atoms with Crippen molar-refractivity contribution in [3.63, 3.8) is 0 Å². The molecule has 1 amide bonds. The number of carbonyl (C=O) groups is 1.